The fraction of sp³-hybridized carbons (Fsp3) is 0.600. The number of hydrogen-bond donors (Lipinski definition) is 1. The SMILES string of the molecule is CCCCc1ccc(C(CCC(F)(F)F)NC)cc1. The second-order valence-corrected chi connectivity index (χ2v) is 4.84. The van der Waals surface area contributed by atoms with Gasteiger partial charge in [-0.25, -0.2) is 0 Å². The van der Waals surface area contributed by atoms with Crippen molar-refractivity contribution < 1.29 is 13.2 Å². The summed E-state index contributed by atoms with van der Waals surface area (Å²) in [5.74, 6) is 0. The molecule has 0 amide bonds. The molecule has 1 atom stereocenters. The summed E-state index contributed by atoms with van der Waals surface area (Å²) in [6.07, 6.45) is -1.44. The number of unbranched alkanes of at least 4 members (excludes halogenated alkanes) is 1. The molecule has 0 aliphatic rings. The van der Waals surface area contributed by atoms with Gasteiger partial charge in [-0.3, -0.25) is 0 Å². The van der Waals surface area contributed by atoms with Crippen molar-refractivity contribution in [2.24, 2.45) is 0 Å². The molecule has 0 aromatic heterocycles. The monoisotopic (exact) mass is 273 g/mol. The van der Waals surface area contributed by atoms with Crippen molar-refractivity contribution in [3.05, 3.63) is 35.4 Å². The van der Waals surface area contributed by atoms with Crippen molar-refractivity contribution in [2.75, 3.05) is 7.05 Å². The Kier molecular flexibility index (Phi) is 6.35. The number of halogens is 3. The Balaban J connectivity index is 2.60. The number of nitrogens with one attached hydrogen (secondary N) is 1. The number of hydrogen-bond acceptors (Lipinski definition) is 1. The molecule has 108 valence electrons. The molecule has 0 bridgehead atoms. The minimum absolute atomic E-state index is 0.0777. The molecule has 0 heterocycles. The molecule has 0 aliphatic heterocycles. The summed E-state index contributed by atoms with van der Waals surface area (Å²) in [6.45, 7) is 2.14. The van der Waals surface area contributed by atoms with Crippen LogP contribution >= 0.6 is 0 Å². The van der Waals surface area contributed by atoms with Gasteiger partial charge in [-0.15, -0.1) is 0 Å². The zero-order valence-electron chi connectivity index (χ0n) is 11.6. The van der Waals surface area contributed by atoms with Crippen molar-refractivity contribution in [3.8, 4) is 0 Å². The Hall–Kier alpha value is -1.03. The van der Waals surface area contributed by atoms with Crippen LogP contribution in [0.2, 0.25) is 0 Å². The summed E-state index contributed by atoms with van der Waals surface area (Å²) in [6, 6.07) is 7.67. The van der Waals surface area contributed by atoms with E-state index in [1.807, 2.05) is 24.3 Å². The minimum atomic E-state index is -4.09. The highest BCUT2D eigenvalue weighted by Gasteiger charge is 2.28. The number of aryl methyl sites for hydroxylation is 1. The van der Waals surface area contributed by atoms with Gasteiger partial charge < -0.3 is 5.32 Å². The molecule has 1 aromatic carbocycles. The van der Waals surface area contributed by atoms with Crippen LogP contribution in [0.5, 0.6) is 0 Å². The fourth-order valence-electron chi connectivity index (χ4n) is 2.08. The average Bonchev–Trinajstić information content (AvgIpc) is 2.37. The first kappa shape index (κ1) is 16.0. The topological polar surface area (TPSA) is 12.0 Å². The summed E-state index contributed by atoms with van der Waals surface area (Å²) in [4.78, 5) is 0. The van der Waals surface area contributed by atoms with E-state index < -0.39 is 12.6 Å². The Labute approximate surface area is 113 Å². The second kappa shape index (κ2) is 7.53. The summed E-state index contributed by atoms with van der Waals surface area (Å²) in [7, 11) is 1.70. The van der Waals surface area contributed by atoms with Crippen molar-refractivity contribution in [2.45, 2.75) is 51.2 Å². The molecule has 1 unspecified atom stereocenters. The van der Waals surface area contributed by atoms with Gasteiger partial charge in [0.25, 0.3) is 0 Å². The standard InChI is InChI=1S/C15H22F3N/c1-3-4-5-12-6-8-13(9-7-12)14(19-2)10-11-15(16,17)18/h6-9,14,19H,3-5,10-11H2,1-2H3. The molecule has 0 radical (unpaired) electrons. The largest absolute Gasteiger partial charge is 0.389 e. The molecule has 1 N–H and O–H groups in total. The third kappa shape index (κ3) is 6.10. The van der Waals surface area contributed by atoms with Gasteiger partial charge in [0, 0.05) is 12.5 Å². The maximum Gasteiger partial charge on any atom is 0.389 e. The summed E-state index contributed by atoms with van der Waals surface area (Å²) < 4.78 is 36.7. The Morgan fingerprint density at radius 1 is 1.16 bits per heavy atom. The first-order chi connectivity index (χ1) is 8.96. The van der Waals surface area contributed by atoms with Crippen LogP contribution in [0.15, 0.2) is 24.3 Å². The van der Waals surface area contributed by atoms with E-state index in [4.69, 9.17) is 0 Å². The van der Waals surface area contributed by atoms with Crippen LogP contribution in [0.3, 0.4) is 0 Å². The number of rotatable bonds is 7. The van der Waals surface area contributed by atoms with E-state index in [-0.39, 0.29) is 12.5 Å². The molecular formula is C15H22F3N. The first-order valence-electron chi connectivity index (χ1n) is 6.79. The van der Waals surface area contributed by atoms with E-state index in [1.54, 1.807) is 7.05 Å². The van der Waals surface area contributed by atoms with Gasteiger partial charge in [0.15, 0.2) is 0 Å². The normalized spacial score (nSPS) is 13.5. The molecule has 1 rings (SSSR count). The molecule has 0 fully saturated rings. The third-order valence-corrected chi connectivity index (χ3v) is 3.27. The van der Waals surface area contributed by atoms with Gasteiger partial charge in [0.1, 0.15) is 0 Å². The van der Waals surface area contributed by atoms with Crippen LogP contribution in [0.4, 0.5) is 13.2 Å². The quantitative estimate of drug-likeness (QED) is 0.763. The zero-order valence-corrected chi connectivity index (χ0v) is 11.6. The predicted octanol–water partition coefficient (Wildman–Crippen LogP) is 4.63. The molecule has 0 saturated heterocycles. The van der Waals surface area contributed by atoms with Gasteiger partial charge >= 0.3 is 6.18 Å². The van der Waals surface area contributed by atoms with Crippen molar-refractivity contribution in [1.29, 1.82) is 0 Å². The third-order valence-electron chi connectivity index (χ3n) is 3.27. The fourth-order valence-corrected chi connectivity index (χ4v) is 2.08. The highest BCUT2D eigenvalue weighted by atomic mass is 19.4. The smallest absolute Gasteiger partial charge is 0.313 e. The zero-order chi connectivity index (χ0) is 14.3. The van der Waals surface area contributed by atoms with Gasteiger partial charge in [0.2, 0.25) is 0 Å². The molecule has 0 saturated carbocycles. The Morgan fingerprint density at radius 2 is 1.79 bits per heavy atom. The number of alkyl halides is 3. The van der Waals surface area contributed by atoms with Crippen LogP contribution in [0, 0.1) is 0 Å². The average molecular weight is 273 g/mol. The van der Waals surface area contributed by atoms with Gasteiger partial charge in [0.05, 0.1) is 0 Å². The minimum Gasteiger partial charge on any atom is -0.313 e. The summed E-state index contributed by atoms with van der Waals surface area (Å²) in [5, 5.41) is 2.95. The van der Waals surface area contributed by atoms with Crippen molar-refractivity contribution in [1.82, 2.24) is 5.32 Å². The van der Waals surface area contributed by atoms with Gasteiger partial charge in [-0.2, -0.15) is 13.2 Å². The van der Waals surface area contributed by atoms with Crippen LogP contribution in [-0.2, 0) is 6.42 Å². The summed E-state index contributed by atoms with van der Waals surface area (Å²) in [5.41, 5.74) is 2.17. The van der Waals surface area contributed by atoms with E-state index >= 15 is 0 Å². The maximum atomic E-state index is 12.2. The number of benzene rings is 1. The van der Waals surface area contributed by atoms with E-state index in [2.05, 4.69) is 12.2 Å². The van der Waals surface area contributed by atoms with E-state index in [0.29, 0.717) is 0 Å². The van der Waals surface area contributed by atoms with E-state index in [0.717, 1.165) is 24.8 Å². The van der Waals surface area contributed by atoms with Crippen LogP contribution in [0.1, 0.15) is 49.8 Å². The Morgan fingerprint density at radius 3 is 2.26 bits per heavy atom. The van der Waals surface area contributed by atoms with E-state index in [9.17, 15) is 13.2 Å². The molecule has 1 nitrogen and oxygen atoms in total. The lowest BCUT2D eigenvalue weighted by Gasteiger charge is -2.18. The molecule has 4 heteroatoms. The van der Waals surface area contributed by atoms with Gasteiger partial charge in [-0.05, 0) is 37.4 Å². The maximum absolute atomic E-state index is 12.2. The Bertz CT molecular complexity index is 357. The van der Waals surface area contributed by atoms with Crippen molar-refractivity contribution >= 4 is 0 Å². The second-order valence-electron chi connectivity index (χ2n) is 4.84. The lowest BCUT2D eigenvalue weighted by atomic mass is 9.99. The highest BCUT2D eigenvalue weighted by molar-refractivity contribution is 5.25. The summed E-state index contributed by atoms with van der Waals surface area (Å²) >= 11 is 0. The van der Waals surface area contributed by atoms with Crippen molar-refractivity contribution in [3.63, 3.8) is 0 Å². The highest BCUT2D eigenvalue weighted by Crippen LogP contribution is 2.27. The lowest BCUT2D eigenvalue weighted by Crippen LogP contribution is -2.19. The van der Waals surface area contributed by atoms with Gasteiger partial charge in [-0.1, -0.05) is 37.6 Å². The van der Waals surface area contributed by atoms with Crippen LogP contribution < -0.4 is 5.32 Å². The predicted molar refractivity (Wildman–Crippen MR) is 72.1 cm³/mol. The molecule has 0 aliphatic carbocycles. The molecule has 1 aromatic rings. The molecule has 0 spiro atoms. The van der Waals surface area contributed by atoms with E-state index in [1.165, 1.54) is 5.56 Å². The lowest BCUT2D eigenvalue weighted by molar-refractivity contribution is -0.136. The van der Waals surface area contributed by atoms with Crippen LogP contribution in [0.25, 0.3) is 0 Å². The van der Waals surface area contributed by atoms with Crippen LogP contribution in [-0.4, -0.2) is 13.2 Å². The first-order valence-corrected chi connectivity index (χ1v) is 6.79. The molecule has 19 heavy (non-hydrogen) atoms. The molecular weight excluding hydrogens is 251 g/mol.